The summed E-state index contributed by atoms with van der Waals surface area (Å²) in [6.45, 7) is 7.27. The average Bonchev–Trinajstić information content (AvgIpc) is 2.92. The van der Waals surface area contributed by atoms with E-state index in [9.17, 15) is 5.26 Å². The number of piperidine rings is 1. The zero-order valence-electron chi connectivity index (χ0n) is 20.6. The molecule has 9 heteroatoms. The van der Waals surface area contributed by atoms with Crippen LogP contribution in [0.25, 0.3) is 11.3 Å². The fraction of sp³-hybridized carbons (Fsp3) is 0.259. The van der Waals surface area contributed by atoms with Crippen LogP contribution in [0.1, 0.15) is 25.3 Å². The first kappa shape index (κ1) is 24.7. The Morgan fingerprint density at radius 1 is 1.25 bits per heavy atom. The predicted octanol–water partition coefficient (Wildman–Crippen LogP) is 4.62. The molecule has 1 saturated heterocycles. The van der Waals surface area contributed by atoms with Crippen LogP contribution < -0.4 is 21.0 Å². The van der Waals surface area contributed by atoms with Crippen molar-refractivity contribution in [1.82, 2.24) is 9.97 Å². The van der Waals surface area contributed by atoms with E-state index in [1.807, 2.05) is 42.5 Å². The Balaban J connectivity index is 1.54. The van der Waals surface area contributed by atoms with Crippen molar-refractivity contribution in [2.24, 2.45) is 10.8 Å². The SMILES string of the molecule is C=CN(/N=C(/C)N)c1ccc(Nc2nccc(-c3cc(C#N)cc(N4CCC(OC)CC4)c3)n2)cc1. The summed E-state index contributed by atoms with van der Waals surface area (Å²) < 4.78 is 5.49. The van der Waals surface area contributed by atoms with E-state index in [-0.39, 0.29) is 0 Å². The Kier molecular flexibility index (Phi) is 7.78. The number of nitriles is 1. The first-order valence-corrected chi connectivity index (χ1v) is 11.7. The maximum Gasteiger partial charge on any atom is 0.227 e. The third kappa shape index (κ3) is 5.98. The van der Waals surface area contributed by atoms with Crippen LogP contribution in [0.5, 0.6) is 0 Å². The van der Waals surface area contributed by atoms with Crippen molar-refractivity contribution in [2.75, 3.05) is 35.4 Å². The minimum Gasteiger partial charge on any atom is -0.386 e. The number of hydrogen-bond donors (Lipinski definition) is 2. The zero-order chi connectivity index (χ0) is 25.5. The Hall–Kier alpha value is -4.42. The highest BCUT2D eigenvalue weighted by Crippen LogP contribution is 2.29. The van der Waals surface area contributed by atoms with Gasteiger partial charge in [0, 0.05) is 49.5 Å². The lowest BCUT2D eigenvalue weighted by Crippen LogP contribution is -2.36. The summed E-state index contributed by atoms with van der Waals surface area (Å²) in [5.74, 6) is 0.895. The van der Waals surface area contributed by atoms with E-state index in [2.05, 4.69) is 39.0 Å². The topological polar surface area (TPSA) is 116 Å². The van der Waals surface area contributed by atoms with Gasteiger partial charge < -0.3 is 20.7 Å². The van der Waals surface area contributed by atoms with Gasteiger partial charge >= 0.3 is 0 Å². The Morgan fingerprint density at radius 3 is 2.64 bits per heavy atom. The summed E-state index contributed by atoms with van der Waals surface area (Å²) in [7, 11) is 1.76. The normalized spacial score (nSPS) is 14.2. The van der Waals surface area contributed by atoms with Crippen LogP contribution in [-0.2, 0) is 4.74 Å². The first-order valence-electron chi connectivity index (χ1n) is 11.7. The Bertz CT molecular complexity index is 1270. The molecule has 0 radical (unpaired) electrons. The van der Waals surface area contributed by atoms with E-state index in [0.29, 0.717) is 23.5 Å². The van der Waals surface area contributed by atoms with Gasteiger partial charge in [-0.15, -0.1) is 0 Å². The molecule has 1 aromatic heterocycles. The van der Waals surface area contributed by atoms with E-state index in [0.717, 1.165) is 54.3 Å². The van der Waals surface area contributed by atoms with E-state index in [1.54, 1.807) is 31.4 Å². The molecule has 1 aliphatic rings. The van der Waals surface area contributed by atoms with Crippen LogP contribution in [0.2, 0.25) is 0 Å². The van der Waals surface area contributed by atoms with Crippen LogP contribution >= 0.6 is 0 Å². The predicted molar refractivity (Wildman–Crippen MR) is 144 cm³/mol. The number of benzene rings is 2. The number of nitrogens with zero attached hydrogens (tertiary/aromatic N) is 6. The molecule has 0 amide bonds. The molecule has 3 aromatic rings. The fourth-order valence-corrected chi connectivity index (χ4v) is 4.14. The summed E-state index contributed by atoms with van der Waals surface area (Å²) in [5, 5.41) is 18.7. The van der Waals surface area contributed by atoms with Crippen molar-refractivity contribution in [1.29, 1.82) is 5.26 Å². The molecule has 0 atom stereocenters. The molecule has 9 nitrogen and oxygen atoms in total. The lowest BCUT2D eigenvalue weighted by Gasteiger charge is -2.33. The molecule has 1 fully saturated rings. The van der Waals surface area contributed by atoms with E-state index in [1.165, 1.54) is 0 Å². The lowest BCUT2D eigenvalue weighted by atomic mass is 10.0. The first-order chi connectivity index (χ1) is 17.5. The lowest BCUT2D eigenvalue weighted by molar-refractivity contribution is 0.0819. The number of methoxy groups -OCH3 is 1. The van der Waals surface area contributed by atoms with Gasteiger partial charge in [0.05, 0.1) is 29.1 Å². The molecule has 3 N–H and O–H groups in total. The number of anilines is 4. The van der Waals surface area contributed by atoms with Crippen molar-refractivity contribution in [3.8, 4) is 17.3 Å². The Morgan fingerprint density at radius 2 is 2.00 bits per heavy atom. The van der Waals surface area contributed by atoms with Gasteiger partial charge in [-0.25, -0.2) is 15.0 Å². The second-order valence-electron chi connectivity index (χ2n) is 8.51. The number of hydrazone groups is 1. The maximum absolute atomic E-state index is 9.63. The summed E-state index contributed by atoms with van der Waals surface area (Å²) >= 11 is 0. The smallest absolute Gasteiger partial charge is 0.227 e. The molecule has 0 bridgehead atoms. The van der Waals surface area contributed by atoms with Gasteiger partial charge in [0.25, 0.3) is 0 Å². The molecule has 4 rings (SSSR count). The van der Waals surface area contributed by atoms with Crippen LogP contribution in [0.15, 0.2) is 72.6 Å². The van der Waals surface area contributed by atoms with Gasteiger partial charge in [-0.1, -0.05) is 6.58 Å². The number of ether oxygens (including phenoxy) is 1. The van der Waals surface area contributed by atoms with Crippen LogP contribution in [0.3, 0.4) is 0 Å². The highest BCUT2D eigenvalue weighted by Gasteiger charge is 2.20. The molecular formula is C27H30N8O. The van der Waals surface area contributed by atoms with Crippen LogP contribution in [-0.4, -0.2) is 42.1 Å². The number of aromatic nitrogens is 2. The quantitative estimate of drug-likeness (QED) is 0.272. The molecule has 0 unspecified atom stereocenters. The highest BCUT2D eigenvalue weighted by molar-refractivity contribution is 5.79. The standard InChI is InChI=1S/C27H30N8O/c1-4-35(33-19(2)29)23-7-5-22(6-8-23)31-27-30-12-9-26(32-27)21-15-20(18-28)16-24(17-21)34-13-10-25(36-3)11-14-34/h4-9,12,15-17,25H,1,10-11,13-14H2,2-3H3,(H2,29,33)(H,30,31,32). The summed E-state index contributed by atoms with van der Waals surface area (Å²) in [5.41, 5.74) is 10.6. The summed E-state index contributed by atoms with van der Waals surface area (Å²) in [6, 6.07) is 17.6. The highest BCUT2D eigenvalue weighted by atomic mass is 16.5. The molecule has 0 spiro atoms. The summed E-state index contributed by atoms with van der Waals surface area (Å²) in [4.78, 5) is 11.4. The van der Waals surface area contributed by atoms with Crippen molar-refractivity contribution < 1.29 is 4.74 Å². The summed E-state index contributed by atoms with van der Waals surface area (Å²) in [6.07, 6.45) is 5.52. The number of nitrogens with two attached hydrogens (primary N) is 1. The number of amidine groups is 1. The number of hydrogen-bond acceptors (Lipinski definition) is 8. The van der Waals surface area contributed by atoms with Crippen molar-refractivity contribution in [3.63, 3.8) is 0 Å². The molecule has 2 aromatic carbocycles. The minimum atomic E-state index is 0.293. The fourth-order valence-electron chi connectivity index (χ4n) is 4.14. The molecule has 0 aliphatic carbocycles. The minimum absolute atomic E-state index is 0.293. The van der Waals surface area contributed by atoms with E-state index < -0.39 is 0 Å². The van der Waals surface area contributed by atoms with Gasteiger partial charge in [0.2, 0.25) is 5.95 Å². The van der Waals surface area contributed by atoms with Gasteiger partial charge in [0.1, 0.15) is 5.84 Å². The van der Waals surface area contributed by atoms with Crippen molar-refractivity contribution in [3.05, 3.63) is 73.1 Å². The largest absolute Gasteiger partial charge is 0.386 e. The second-order valence-corrected chi connectivity index (χ2v) is 8.51. The number of rotatable bonds is 8. The zero-order valence-corrected chi connectivity index (χ0v) is 20.6. The Labute approximate surface area is 211 Å². The second kappa shape index (κ2) is 11.3. The van der Waals surface area contributed by atoms with Gasteiger partial charge in [-0.05, 0) is 68.3 Å². The van der Waals surface area contributed by atoms with Gasteiger partial charge in [0.15, 0.2) is 0 Å². The van der Waals surface area contributed by atoms with Crippen molar-refractivity contribution in [2.45, 2.75) is 25.9 Å². The number of nitrogens with one attached hydrogen (secondary N) is 1. The molecule has 184 valence electrons. The molecular weight excluding hydrogens is 452 g/mol. The van der Waals surface area contributed by atoms with Crippen LogP contribution in [0.4, 0.5) is 23.0 Å². The van der Waals surface area contributed by atoms with Crippen LogP contribution in [0, 0.1) is 11.3 Å². The van der Waals surface area contributed by atoms with Gasteiger partial charge in [-0.3, -0.25) is 0 Å². The monoisotopic (exact) mass is 482 g/mol. The average molecular weight is 483 g/mol. The van der Waals surface area contributed by atoms with E-state index in [4.69, 9.17) is 15.5 Å². The molecule has 36 heavy (non-hydrogen) atoms. The molecule has 1 aliphatic heterocycles. The molecule has 2 heterocycles. The maximum atomic E-state index is 9.63. The van der Waals surface area contributed by atoms with Gasteiger partial charge in [-0.2, -0.15) is 10.4 Å². The third-order valence-corrected chi connectivity index (χ3v) is 5.97. The van der Waals surface area contributed by atoms with Crippen molar-refractivity contribution >= 4 is 28.8 Å². The third-order valence-electron chi connectivity index (χ3n) is 5.97. The van der Waals surface area contributed by atoms with E-state index >= 15 is 0 Å². The molecule has 0 saturated carbocycles.